The van der Waals surface area contributed by atoms with Crippen molar-refractivity contribution in [2.75, 3.05) is 31.1 Å². The monoisotopic (exact) mass is 344 g/mol. The third kappa shape index (κ3) is 4.01. The molecule has 126 valence electrons. The Morgan fingerprint density at radius 2 is 1.62 bits per heavy atom. The third-order valence-corrected chi connectivity index (χ3v) is 4.44. The number of amides is 1. The first-order valence-electron chi connectivity index (χ1n) is 8.14. The fraction of sp³-hybridized carbons (Fsp3) is 0.316. The lowest BCUT2D eigenvalue weighted by molar-refractivity contribution is -0.138. The molecule has 1 atom stereocenters. The summed E-state index contributed by atoms with van der Waals surface area (Å²) in [5.74, 6) is 0.681. The molecule has 2 aromatic rings. The number of para-hydroxylation sites is 1. The van der Waals surface area contributed by atoms with Crippen LogP contribution >= 0.6 is 11.6 Å². The summed E-state index contributed by atoms with van der Waals surface area (Å²) < 4.78 is 5.73. The predicted octanol–water partition coefficient (Wildman–Crippen LogP) is 3.46. The number of hydrogen-bond donors (Lipinski definition) is 0. The van der Waals surface area contributed by atoms with Crippen LogP contribution < -0.4 is 9.64 Å². The molecule has 0 unspecified atom stereocenters. The molecule has 0 spiro atoms. The van der Waals surface area contributed by atoms with Crippen molar-refractivity contribution in [1.29, 1.82) is 0 Å². The molecule has 2 aromatic carbocycles. The number of carbonyl (C=O) groups excluding carboxylic acids is 1. The van der Waals surface area contributed by atoms with Gasteiger partial charge in [-0.2, -0.15) is 0 Å². The van der Waals surface area contributed by atoms with E-state index in [-0.39, 0.29) is 5.91 Å². The summed E-state index contributed by atoms with van der Waals surface area (Å²) in [6, 6.07) is 17.4. The molecule has 1 heterocycles. The Morgan fingerprint density at radius 1 is 1.00 bits per heavy atom. The number of halogens is 1. The van der Waals surface area contributed by atoms with Gasteiger partial charge in [-0.3, -0.25) is 4.79 Å². The molecule has 0 aliphatic carbocycles. The van der Waals surface area contributed by atoms with Crippen LogP contribution in [-0.4, -0.2) is 43.1 Å². The van der Waals surface area contributed by atoms with Gasteiger partial charge in [-0.15, -0.1) is 0 Å². The van der Waals surface area contributed by atoms with Gasteiger partial charge < -0.3 is 14.5 Å². The molecular weight excluding hydrogens is 324 g/mol. The Labute approximate surface area is 147 Å². The van der Waals surface area contributed by atoms with E-state index in [9.17, 15) is 4.79 Å². The molecule has 24 heavy (non-hydrogen) atoms. The van der Waals surface area contributed by atoms with Crippen LogP contribution in [-0.2, 0) is 4.79 Å². The van der Waals surface area contributed by atoms with E-state index in [1.807, 2.05) is 23.1 Å². The van der Waals surface area contributed by atoms with Crippen molar-refractivity contribution in [3.63, 3.8) is 0 Å². The zero-order valence-corrected chi connectivity index (χ0v) is 14.4. The lowest BCUT2D eigenvalue weighted by Crippen LogP contribution is -2.52. The van der Waals surface area contributed by atoms with Gasteiger partial charge in [-0.1, -0.05) is 29.8 Å². The van der Waals surface area contributed by atoms with Crippen molar-refractivity contribution < 1.29 is 9.53 Å². The Bertz CT molecular complexity index is 668. The first kappa shape index (κ1) is 16.7. The van der Waals surface area contributed by atoms with E-state index in [4.69, 9.17) is 16.3 Å². The van der Waals surface area contributed by atoms with Crippen molar-refractivity contribution in [1.82, 2.24) is 4.90 Å². The Balaban J connectivity index is 1.53. The fourth-order valence-corrected chi connectivity index (χ4v) is 2.97. The highest BCUT2D eigenvalue weighted by atomic mass is 35.5. The molecule has 0 radical (unpaired) electrons. The van der Waals surface area contributed by atoms with Gasteiger partial charge in [-0.05, 0) is 43.3 Å². The molecule has 0 saturated carbocycles. The van der Waals surface area contributed by atoms with E-state index in [0.29, 0.717) is 23.9 Å². The lowest BCUT2D eigenvalue weighted by Gasteiger charge is -2.37. The minimum Gasteiger partial charge on any atom is -0.481 e. The molecule has 1 saturated heterocycles. The van der Waals surface area contributed by atoms with E-state index in [0.717, 1.165) is 13.1 Å². The van der Waals surface area contributed by atoms with Gasteiger partial charge in [-0.25, -0.2) is 0 Å². The van der Waals surface area contributed by atoms with Crippen LogP contribution in [0.1, 0.15) is 6.92 Å². The summed E-state index contributed by atoms with van der Waals surface area (Å²) in [7, 11) is 0. The molecule has 5 heteroatoms. The number of ether oxygens (including phenoxy) is 1. The minimum absolute atomic E-state index is 0.0256. The average Bonchev–Trinajstić information content (AvgIpc) is 2.64. The Hall–Kier alpha value is -2.20. The number of nitrogens with zero attached hydrogens (tertiary/aromatic N) is 2. The van der Waals surface area contributed by atoms with Crippen molar-refractivity contribution >= 4 is 23.2 Å². The lowest BCUT2D eigenvalue weighted by atomic mass is 10.2. The maximum absolute atomic E-state index is 12.6. The largest absolute Gasteiger partial charge is 0.481 e. The molecule has 1 amide bonds. The number of hydrogen-bond acceptors (Lipinski definition) is 3. The summed E-state index contributed by atoms with van der Waals surface area (Å²) in [6.07, 6.45) is -0.505. The first-order chi connectivity index (χ1) is 11.6. The molecule has 0 bridgehead atoms. The molecule has 3 rings (SSSR count). The van der Waals surface area contributed by atoms with Crippen molar-refractivity contribution in [3.05, 3.63) is 59.6 Å². The van der Waals surface area contributed by atoms with Gasteiger partial charge in [0.1, 0.15) is 5.75 Å². The second-order valence-electron chi connectivity index (χ2n) is 5.86. The van der Waals surface area contributed by atoms with Crippen molar-refractivity contribution in [3.8, 4) is 5.75 Å². The van der Waals surface area contributed by atoms with Crippen LogP contribution in [0.4, 0.5) is 5.69 Å². The van der Waals surface area contributed by atoms with Crippen LogP contribution in [0, 0.1) is 0 Å². The van der Waals surface area contributed by atoms with Gasteiger partial charge in [0, 0.05) is 36.9 Å². The average molecular weight is 345 g/mol. The number of benzene rings is 2. The van der Waals surface area contributed by atoms with Gasteiger partial charge >= 0.3 is 0 Å². The van der Waals surface area contributed by atoms with Gasteiger partial charge in [0.15, 0.2) is 6.10 Å². The fourth-order valence-electron chi connectivity index (χ4n) is 2.85. The smallest absolute Gasteiger partial charge is 0.263 e. The SMILES string of the molecule is C[C@@H](Oc1ccc(Cl)cc1)C(=O)N1CCN(c2ccccc2)CC1. The van der Waals surface area contributed by atoms with Crippen LogP contribution in [0.5, 0.6) is 5.75 Å². The summed E-state index contributed by atoms with van der Waals surface area (Å²) >= 11 is 5.86. The second kappa shape index (κ2) is 7.58. The minimum atomic E-state index is -0.505. The standard InChI is InChI=1S/C19H21ClN2O2/c1-15(24-18-9-7-16(20)8-10-18)19(23)22-13-11-21(12-14-22)17-5-3-2-4-6-17/h2-10,15H,11-14H2,1H3/t15-/m1/s1. The molecule has 1 aliphatic heterocycles. The summed E-state index contributed by atoms with van der Waals surface area (Å²) in [5, 5.41) is 0.651. The van der Waals surface area contributed by atoms with Gasteiger partial charge in [0.05, 0.1) is 0 Å². The van der Waals surface area contributed by atoms with E-state index in [1.54, 1.807) is 31.2 Å². The number of anilines is 1. The van der Waals surface area contributed by atoms with E-state index < -0.39 is 6.10 Å². The maximum atomic E-state index is 12.6. The Morgan fingerprint density at radius 3 is 2.25 bits per heavy atom. The van der Waals surface area contributed by atoms with E-state index in [2.05, 4.69) is 17.0 Å². The summed E-state index contributed by atoms with van der Waals surface area (Å²) in [4.78, 5) is 16.7. The maximum Gasteiger partial charge on any atom is 0.263 e. The van der Waals surface area contributed by atoms with Gasteiger partial charge in [0.2, 0.25) is 0 Å². The third-order valence-electron chi connectivity index (χ3n) is 4.19. The molecule has 0 N–H and O–H groups in total. The molecule has 4 nitrogen and oxygen atoms in total. The quantitative estimate of drug-likeness (QED) is 0.851. The highest BCUT2D eigenvalue weighted by molar-refractivity contribution is 6.30. The molecule has 0 aromatic heterocycles. The zero-order valence-electron chi connectivity index (χ0n) is 13.7. The van der Waals surface area contributed by atoms with Crippen molar-refractivity contribution in [2.24, 2.45) is 0 Å². The highest BCUT2D eigenvalue weighted by Gasteiger charge is 2.26. The van der Waals surface area contributed by atoms with Crippen molar-refractivity contribution in [2.45, 2.75) is 13.0 Å². The molecular formula is C19H21ClN2O2. The zero-order chi connectivity index (χ0) is 16.9. The second-order valence-corrected chi connectivity index (χ2v) is 6.30. The van der Waals surface area contributed by atoms with E-state index in [1.165, 1.54) is 5.69 Å². The first-order valence-corrected chi connectivity index (χ1v) is 8.52. The molecule has 1 fully saturated rings. The Kier molecular flexibility index (Phi) is 5.26. The summed E-state index contributed by atoms with van der Waals surface area (Å²) in [5.41, 5.74) is 1.20. The van der Waals surface area contributed by atoms with Crippen LogP contribution in [0.25, 0.3) is 0 Å². The van der Waals surface area contributed by atoms with Crippen LogP contribution in [0.2, 0.25) is 5.02 Å². The highest BCUT2D eigenvalue weighted by Crippen LogP contribution is 2.19. The van der Waals surface area contributed by atoms with Crippen LogP contribution in [0.3, 0.4) is 0 Å². The predicted molar refractivity (Wildman–Crippen MR) is 96.8 cm³/mol. The normalized spacial score (nSPS) is 15.9. The van der Waals surface area contributed by atoms with E-state index >= 15 is 0 Å². The molecule has 1 aliphatic rings. The number of rotatable bonds is 4. The number of piperazine rings is 1. The van der Waals surface area contributed by atoms with Crippen LogP contribution in [0.15, 0.2) is 54.6 Å². The summed E-state index contributed by atoms with van der Waals surface area (Å²) in [6.45, 7) is 4.89. The topological polar surface area (TPSA) is 32.8 Å². The van der Waals surface area contributed by atoms with Gasteiger partial charge in [0.25, 0.3) is 5.91 Å². The number of carbonyl (C=O) groups is 1.